The third-order valence-corrected chi connectivity index (χ3v) is 2.34. The van der Waals surface area contributed by atoms with Crippen molar-refractivity contribution in [3.05, 3.63) is 36.1 Å². The molecule has 0 saturated heterocycles. The Bertz CT molecular complexity index is 309. The summed E-state index contributed by atoms with van der Waals surface area (Å²) in [6.07, 6.45) is 6.95. The molecule has 0 spiro atoms. The number of hydrogen-bond acceptors (Lipinski definition) is 2. The fourth-order valence-electron chi connectivity index (χ4n) is 1.62. The van der Waals surface area contributed by atoms with Crippen LogP contribution in [-0.4, -0.2) is 11.9 Å². The smallest absolute Gasteiger partial charge is 0.0978 e. The highest BCUT2D eigenvalue weighted by atomic mass is 15.0. The summed E-state index contributed by atoms with van der Waals surface area (Å²) >= 11 is 0. The van der Waals surface area contributed by atoms with Crippen molar-refractivity contribution < 1.29 is 0 Å². The lowest BCUT2D eigenvalue weighted by Gasteiger charge is -2.20. The van der Waals surface area contributed by atoms with Gasteiger partial charge in [0.25, 0.3) is 0 Å². The van der Waals surface area contributed by atoms with E-state index in [1.54, 1.807) is 0 Å². The van der Waals surface area contributed by atoms with Crippen LogP contribution < -0.4 is 5.32 Å². The molecule has 1 heterocycles. The highest BCUT2D eigenvalue weighted by Gasteiger charge is 2.14. The number of aliphatic imine (C=N–C) groups is 1. The van der Waals surface area contributed by atoms with E-state index < -0.39 is 0 Å². The molecule has 0 radical (unpaired) electrons. The minimum atomic E-state index is 0.252. The van der Waals surface area contributed by atoms with Crippen LogP contribution in [0.2, 0.25) is 0 Å². The monoisotopic (exact) mass is 250 g/mol. The summed E-state index contributed by atoms with van der Waals surface area (Å²) in [4.78, 5) is 4.48. The van der Waals surface area contributed by atoms with E-state index in [0.717, 1.165) is 12.3 Å². The molecule has 18 heavy (non-hydrogen) atoms. The molecule has 0 aromatic carbocycles. The number of hydrogen-bond donors (Lipinski definition) is 1. The summed E-state index contributed by atoms with van der Waals surface area (Å²) < 4.78 is 0. The summed E-state index contributed by atoms with van der Waals surface area (Å²) in [6, 6.07) is 0.252. The molecular weight excluding hydrogens is 220 g/mol. The highest BCUT2D eigenvalue weighted by Crippen LogP contribution is 2.21. The summed E-state index contributed by atoms with van der Waals surface area (Å²) in [5.74, 6) is 0.982. The van der Waals surface area contributed by atoms with Gasteiger partial charge in [0.1, 0.15) is 0 Å². The minimum absolute atomic E-state index is 0.252. The van der Waals surface area contributed by atoms with E-state index in [1.165, 1.54) is 11.1 Å². The molecule has 2 heteroatoms. The van der Waals surface area contributed by atoms with Gasteiger partial charge >= 0.3 is 0 Å². The van der Waals surface area contributed by atoms with E-state index in [4.69, 9.17) is 0 Å². The summed E-state index contributed by atoms with van der Waals surface area (Å²) in [5.41, 5.74) is 2.56. The molecule has 2 nitrogen and oxygen atoms in total. The van der Waals surface area contributed by atoms with Crippen molar-refractivity contribution in [2.45, 2.75) is 60.9 Å². The van der Waals surface area contributed by atoms with Gasteiger partial charge in [0.2, 0.25) is 0 Å². The van der Waals surface area contributed by atoms with Crippen LogP contribution in [0.1, 0.15) is 54.9 Å². The third kappa shape index (κ3) is 6.43. The fourth-order valence-corrected chi connectivity index (χ4v) is 1.62. The maximum Gasteiger partial charge on any atom is 0.0978 e. The number of nitrogens with one attached hydrogen (secondary N) is 1. The van der Waals surface area contributed by atoms with Crippen molar-refractivity contribution in [1.29, 1.82) is 0 Å². The first-order valence-corrected chi connectivity index (χ1v) is 7.02. The van der Waals surface area contributed by atoms with E-state index in [0.29, 0.717) is 0 Å². The van der Waals surface area contributed by atoms with Crippen LogP contribution in [0, 0.1) is 0 Å². The van der Waals surface area contributed by atoms with Gasteiger partial charge < -0.3 is 5.32 Å². The van der Waals surface area contributed by atoms with Gasteiger partial charge in [-0.1, -0.05) is 53.3 Å². The lowest BCUT2D eigenvalue weighted by atomic mass is 9.97. The number of amidine groups is 1. The zero-order valence-electron chi connectivity index (χ0n) is 13.2. The minimum Gasteiger partial charge on any atom is -0.350 e. The molecule has 0 aromatic rings. The van der Waals surface area contributed by atoms with Gasteiger partial charge in [0, 0.05) is 6.20 Å². The van der Waals surface area contributed by atoms with Crippen LogP contribution in [0.4, 0.5) is 0 Å². The molecule has 1 unspecified atom stereocenters. The Morgan fingerprint density at radius 2 is 1.94 bits per heavy atom. The van der Waals surface area contributed by atoms with Gasteiger partial charge in [-0.25, -0.2) is 0 Å². The Balaban J connectivity index is 0. The van der Waals surface area contributed by atoms with E-state index in [-0.39, 0.29) is 6.04 Å². The van der Waals surface area contributed by atoms with Crippen LogP contribution >= 0.6 is 0 Å². The lowest BCUT2D eigenvalue weighted by molar-refractivity contribution is 0.815. The molecule has 1 N–H and O–H groups in total. The van der Waals surface area contributed by atoms with Crippen LogP contribution in [0.3, 0.4) is 0 Å². The zero-order chi connectivity index (χ0) is 14.6. The molecule has 1 atom stereocenters. The standard InChI is InChI=1S/C12H18N2.2C2H6/c1-5-7-11(6-2)12-8-13-10(4)14-9(12)3;2*1-2/h5,7-9H,1,6H2,2-4H3,(H,13,14);2*1-2H3/b11-7+;;. The first-order chi connectivity index (χ1) is 8.69. The van der Waals surface area contributed by atoms with Gasteiger partial charge in [-0.3, -0.25) is 4.99 Å². The molecular formula is C16H30N2. The average molecular weight is 250 g/mol. The fraction of sp³-hybridized carbons (Fsp3) is 0.562. The number of allylic oxidation sites excluding steroid dienone is 2. The molecule has 1 aliphatic heterocycles. The summed E-state index contributed by atoms with van der Waals surface area (Å²) in [5, 5.41) is 3.15. The van der Waals surface area contributed by atoms with Gasteiger partial charge in [0.05, 0.1) is 11.9 Å². The van der Waals surface area contributed by atoms with E-state index in [9.17, 15) is 0 Å². The summed E-state index contributed by atoms with van der Waals surface area (Å²) in [7, 11) is 0. The predicted octanol–water partition coefficient (Wildman–Crippen LogP) is 4.86. The molecule has 1 rings (SSSR count). The van der Waals surface area contributed by atoms with E-state index in [2.05, 4.69) is 36.8 Å². The first-order valence-electron chi connectivity index (χ1n) is 7.02. The Morgan fingerprint density at radius 1 is 1.39 bits per heavy atom. The SMILES string of the molecule is C=C/C=C(\CC)C1=CNC(C)=NC1C.CC.CC. The number of rotatable bonds is 3. The highest BCUT2D eigenvalue weighted by molar-refractivity contribution is 5.82. The van der Waals surface area contributed by atoms with Crippen molar-refractivity contribution in [3.63, 3.8) is 0 Å². The average Bonchev–Trinajstić information content (AvgIpc) is 2.41. The van der Waals surface area contributed by atoms with Crippen molar-refractivity contribution in [2.24, 2.45) is 4.99 Å². The molecule has 0 saturated carbocycles. The summed E-state index contributed by atoms with van der Waals surface area (Å²) in [6.45, 7) is 18.0. The topological polar surface area (TPSA) is 24.4 Å². The Labute approximate surface area is 114 Å². The normalized spacial score (nSPS) is 17.9. The molecule has 1 aliphatic rings. The van der Waals surface area contributed by atoms with Crippen molar-refractivity contribution in [3.8, 4) is 0 Å². The maximum atomic E-state index is 4.48. The van der Waals surface area contributed by atoms with Crippen LogP contribution in [0.15, 0.2) is 41.1 Å². The van der Waals surface area contributed by atoms with E-state index >= 15 is 0 Å². The van der Waals surface area contributed by atoms with Gasteiger partial charge in [-0.05, 0) is 31.4 Å². The Hall–Kier alpha value is -1.31. The van der Waals surface area contributed by atoms with Gasteiger partial charge in [-0.15, -0.1) is 0 Å². The molecule has 0 fully saturated rings. The van der Waals surface area contributed by atoms with Gasteiger partial charge in [0.15, 0.2) is 0 Å². The predicted molar refractivity (Wildman–Crippen MR) is 85.1 cm³/mol. The van der Waals surface area contributed by atoms with Crippen LogP contribution in [-0.2, 0) is 0 Å². The quantitative estimate of drug-likeness (QED) is 0.711. The third-order valence-electron chi connectivity index (χ3n) is 2.34. The second kappa shape index (κ2) is 12.2. The molecule has 0 aromatic heterocycles. The van der Waals surface area contributed by atoms with Gasteiger partial charge in [-0.2, -0.15) is 0 Å². The van der Waals surface area contributed by atoms with Crippen LogP contribution in [0.5, 0.6) is 0 Å². The van der Waals surface area contributed by atoms with Crippen LogP contribution in [0.25, 0.3) is 0 Å². The molecule has 0 amide bonds. The second-order valence-corrected chi connectivity index (χ2v) is 3.42. The largest absolute Gasteiger partial charge is 0.350 e. The maximum absolute atomic E-state index is 4.48. The molecule has 0 bridgehead atoms. The van der Waals surface area contributed by atoms with Crippen molar-refractivity contribution in [1.82, 2.24) is 5.32 Å². The Kier molecular flexibility index (Phi) is 12.9. The van der Waals surface area contributed by atoms with Crippen molar-refractivity contribution in [2.75, 3.05) is 0 Å². The van der Waals surface area contributed by atoms with Crippen molar-refractivity contribution >= 4 is 5.84 Å². The van der Waals surface area contributed by atoms with E-state index in [1.807, 2.05) is 46.9 Å². The second-order valence-electron chi connectivity index (χ2n) is 3.42. The number of nitrogens with zero attached hydrogens (tertiary/aromatic N) is 1. The molecule has 0 aliphatic carbocycles. The lowest BCUT2D eigenvalue weighted by Crippen LogP contribution is -2.24. The molecule has 104 valence electrons. The first kappa shape index (κ1) is 19.0. The Morgan fingerprint density at radius 3 is 2.33 bits per heavy atom. The zero-order valence-corrected chi connectivity index (χ0v) is 13.2.